The van der Waals surface area contributed by atoms with Gasteiger partial charge in [0.05, 0.1) is 11.9 Å². The molecule has 0 aromatic heterocycles. The van der Waals surface area contributed by atoms with Crippen LogP contribution in [0.15, 0.2) is 42.5 Å². The van der Waals surface area contributed by atoms with E-state index in [1.165, 1.54) is 11.0 Å². The minimum atomic E-state index is -3.79. The van der Waals surface area contributed by atoms with Crippen molar-refractivity contribution in [1.82, 2.24) is 10.2 Å². The summed E-state index contributed by atoms with van der Waals surface area (Å²) in [6.07, 6.45) is 1.03. The van der Waals surface area contributed by atoms with E-state index in [9.17, 15) is 18.0 Å². The summed E-state index contributed by atoms with van der Waals surface area (Å²) in [5, 5.41) is 3.22. The second-order valence-electron chi connectivity index (χ2n) is 8.55. The predicted octanol–water partition coefficient (Wildman–Crippen LogP) is 3.66. The maximum Gasteiger partial charge on any atom is 0.244 e. The van der Waals surface area contributed by atoms with Gasteiger partial charge in [-0.15, -0.1) is 0 Å². The van der Waals surface area contributed by atoms with Crippen LogP contribution in [0.2, 0.25) is 5.02 Å². The van der Waals surface area contributed by atoms with Crippen molar-refractivity contribution < 1.29 is 18.0 Å². The fraction of sp³-hybridized carbons (Fsp3) is 0.417. The Balaban J connectivity index is 2.40. The van der Waals surface area contributed by atoms with Crippen molar-refractivity contribution in [2.24, 2.45) is 0 Å². The molecule has 0 spiro atoms. The Morgan fingerprint density at radius 3 is 2.15 bits per heavy atom. The normalized spacial score (nSPS) is 12.4. The van der Waals surface area contributed by atoms with E-state index in [0.717, 1.165) is 27.3 Å². The fourth-order valence-corrected chi connectivity index (χ4v) is 4.24. The highest BCUT2D eigenvalue weighted by atomic mass is 35.5. The Kier molecular flexibility index (Phi) is 8.91. The van der Waals surface area contributed by atoms with Gasteiger partial charge in [0.25, 0.3) is 0 Å². The highest BCUT2D eigenvalue weighted by Crippen LogP contribution is 2.25. The molecule has 9 heteroatoms. The van der Waals surface area contributed by atoms with Crippen LogP contribution in [0.25, 0.3) is 0 Å². The molecule has 33 heavy (non-hydrogen) atoms. The number of anilines is 1. The van der Waals surface area contributed by atoms with Crippen molar-refractivity contribution in [2.75, 3.05) is 17.1 Å². The fourth-order valence-electron chi connectivity index (χ4n) is 3.23. The lowest BCUT2D eigenvalue weighted by Crippen LogP contribution is -2.52. The first kappa shape index (κ1) is 26.7. The van der Waals surface area contributed by atoms with Crippen molar-refractivity contribution in [2.45, 2.75) is 53.2 Å². The van der Waals surface area contributed by atoms with Gasteiger partial charge >= 0.3 is 0 Å². The first-order chi connectivity index (χ1) is 15.3. The Labute approximate surface area is 201 Å². The first-order valence-electron chi connectivity index (χ1n) is 10.7. The lowest BCUT2D eigenvalue weighted by Gasteiger charge is -2.32. The number of sulfonamides is 1. The summed E-state index contributed by atoms with van der Waals surface area (Å²) in [5.74, 6) is -0.807. The molecular formula is C24H32ClN3O4S. The highest BCUT2D eigenvalue weighted by Gasteiger charge is 2.30. The molecule has 0 heterocycles. The third kappa shape index (κ3) is 7.47. The summed E-state index contributed by atoms with van der Waals surface area (Å²) < 4.78 is 26.1. The topological polar surface area (TPSA) is 86.8 Å². The Bertz CT molecular complexity index is 1100. The van der Waals surface area contributed by atoms with Crippen LogP contribution in [0.1, 0.15) is 37.5 Å². The quantitative estimate of drug-likeness (QED) is 0.577. The predicted molar refractivity (Wildman–Crippen MR) is 133 cm³/mol. The van der Waals surface area contributed by atoms with Crippen LogP contribution in [0.5, 0.6) is 0 Å². The van der Waals surface area contributed by atoms with Crippen molar-refractivity contribution in [3.63, 3.8) is 0 Å². The molecule has 2 aromatic carbocycles. The summed E-state index contributed by atoms with van der Waals surface area (Å²) in [4.78, 5) is 27.6. The molecule has 180 valence electrons. The van der Waals surface area contributed by atoms with E-state index in [-0.39, 0.29) is 24.2 Å². The lowest BCUT2D eigenvalue weighted by atomic mass is 10.1. The van der Waals surface area contributed by atoms with E-state index < -0.39 is 28.5 Å². The molecule has 0 fully saturated rings. The van der Waals surface area contributed by atoms with Crippen LogP contribution in [0.3, 0.4) is 0 Å². The number of carbonyl (C=O) groups excluding carboxylic acids is 2. The van der Waals surface area contributed by atoms with E-state index in [4.69, 9.17) is 11.6 Å². The Morgan fingerprint density at radius 2 is 1.64 bits per heavy atom. The molecular weight excluding hydrogens is 462 g/mol. The molecule has 1 atom stereocenters. The minimum Gasteiger partial charge on any atom is -0.352 e. The maximum atomic E-state index is 13.4. The maximum absolute atomic E-state index is 13.4. The number of amides is 2. The summed E-state index contributed by atoms with van der Waals surface area (Å²) >= 11 is 6.20. The van der Waals surface area contributed by atoms with Crippen LogP contribution < -0.4 is 9.62 Å². The van der Waals surface area contributed by atoms with Gasteiger partial charge in [-0.2, -0.15) is 0 Å². The van der Waals surface area contributed by atoms with Crippen LogP contribution in [0, 0.1) is 13.8 Å². The van der Waals surface area contributed by atoms with Crippen LogP contribution >= 0.6 is 11.6 Å². The van der Waals surface area contributed by atoms with E-state index in [2.05, 4.69) is 5.32 Å². The summed E-state index contributed by atoms with van der Waals surface area (Å²) in [6, 6.07) is 11.5. The number of rotatable bonds is 9. The first-order valence-corrected chi connectivity index (χ1v) is 12.9. The summed E-state index contributed by atoms with van der Waals surface area (Å²) in [6.45, 7) is 8.79. The molecule has 1 N–H and O–H groups in total. The molecule has 7 nitrogen and oxygen atoms in total. The minimum absolute atomic E-state index is 0.0986. The second kappa shape index (κ2) is 11.0. The molecule has 0 saturated carbocycles. The summed E-state index contributed by atoms with van der Waals surface area (Å²) in [5.41, 5.74) is 2.99. The Hall–Kier alpha value is -2.58. The van der Waals surface area contributed by atoms with Gasteiger partial charge in [0.1, 0.15) is 12.6 Å². The van der Waals surface area contributed by atoms with Gasteiger partial charge in [-0.1, -0.05) is 47.5 Å². The third-order valence-corrected chi connectivity index (χ3v) is 6.74. The van der Waals surface area contributed by atoms with Gasteiger partial charge in [0.15, 0.2) is 0 Å². The molecule has 0 aliphatic heterocycles. The monoisotopic (exact) mass is 493 g/mol. The average molecular weight is 494 g/mol. The second-order valence-corrected chi connectivity index (χ2v) is 10.9. The van der Waals surface area contributed by atoms with Crippen LogP contribution in [-0.4, -0.2) is 50.0 Å². The molecule has 0 radical (unpaired) electrons. The molecule has 1 unspecified atom stereocenters. The molecule has 2 amide bonds. The Morgan fingerprint density at radius 1 is 1.03 bits per heavy atom. The molecule has 2 aromatic rings. The van der Waals surface area contributed by atoms with Gasteiger partial charge in [0.2, 0.25) is 21.8 Å². The molecule has 2 rings (SSSR count). The number of nitrogens with one attached hydrogen (secondary N) is 1. The molecule has 0 aliphatic carbocycles. The lowest BCUT2D eigenvalue weighted by molar-refractivity contribution is -0.139. The van der Waals surface area contributed by atoms with Gasteiger partial charge in [-0.25, -0.2) is 8.42 Å². The van der Waals surface area contributed by atoms with Crippen molar-refractivity contribution >= 4 is 39.1 Å². The number of carbonyl (C=O) groups is 2. The SMILES string of the molecule is Cc1ccc(CN(C(=O)CN(c2ccc(C)c(Cl)c2)S(C)(=O)=O)C(C)C(=O)NC(C)C)cc1. The number of halogens is 1. The molecule has 0 saturated heterocycles. The van der Waals surface area contributed by atoms with Gasteiger partial charge in [-0.05, 0) is 57.9 Å². The van der Waals surface area contributed by atoms with E-state index in [1.807, 2.05) is 45.0 Å². The van der Waals surface area contributed by atoms with Crippen molar-refractivity contribution in [3.8, 4) is 0 Å². The van der Waals surface area contributed by atoms with Gasteiger partial charge < -0.3 is 10.2 Å². The number of hydrogen-bond donors (Lipinski definition) is 1. The molecule has 0 aliphatic rings. The number of benzene rings is 2. The number of aryl methyl sites for hydroxylation is 2. The van der Waals surface area contributed by atoms with E-state index in [1.54, 1.807) is 26.0 Å². The third-order valence-electron chi connectivity index (χ3n) is 5.19. The standard InChI is InChI=1S/C24H32ClN3O4S/c1-16(2)26-24(30)19(5)27(14-20-10-7-17(3)8-11-20)23(29)15-28(33(6,31)32)21-12-9-18(4)22(25)13-21/h7-13,16,19H,14-15H2,1-6H3,(H,26,30). The van der Waals surface area contributed by atoms with Gasteiger partial charge in [-0.3, -0.25) is 13.9 Å². The largest absolute Gasteiger partial charge is 0.352 e. The molecule has 0 bridgehead atoms. The van der Waals surface area contributed by atoms with E-state index in [0.29, 0.717) is 5.02 Å². The van der Waals surface area contributed by atoms with Crippen molar-refractivity contribution in [3.05, 3.63) is 64.2 Å². The average Bonchev–Trinajstić information content (AvgIpc) is 2.71. The number of nitrogens with zero attached hydrogens (tertiary/aromatic N) is 2. The zero-order valence-electron chi connectivity index (χ0n) is 19.9. The van der Waals surface area contributed by atoms with Crippen LogP contribution in [0.4, 0.5) is 5.69 Å². The smallest absolute Gasteiger partial charge is 0.244 e. The summed E-state index contributed by atoms with van der Waals surface area (Å²) in [7, 11) is -3.79. The zero-order valence-corrected chi connectivity index (χ0v) is 21.5. The van der Waals surface area contributed by atoms with E-state index >= 15 is 0 Å². The van der Waals surface area contributed by atoms with Gasteiger partial charge in [0, 0.05) is 17.6 Å². The zero-order chi connectivity index (χ0) is 24.9. The number of hydrogen-bond acceptors (Lipinski definition) is 4. The highest BCUT2D eigenvalue weighted by molar-refractivity contribution is 7.92. The van der Waals surface area contributed by atoms with Crippen molar-refractivity contribution in [1.29, 1.82) is 0 Å². The van der Waals surface area contributed by atoms with Crippen LogP contribution in [-0.2, 0) is 26.2 Å².